The lowest BCUT2D eigenvalue weighted by Gasteiger charge is -2.23. The van der Waals surface area contributed by atoms with E-state index in [9.17, 15) is 4.79 Å². The first kappa shape index (κ1) is 14.1. The Morgan fingerprint density at radius 1 is 1.24 bits per heavy atom. The van der Waals surface area contributed by atoms with E-state index in [2.05, 4.69) is 14.9 Å². The standard InChI is InChI=1S/C15H23N5O/c1-18(2)13-6-7-16-15(17-13)20-9-3-8-19(10-11-20)14(21)12-4-5-12/h6-7,12H,3-5,8-11H2,1-2H3. The molecule has 0 atom stereocenters. The molecule has 1 saturated heterocycles. The summed E-state index contributed by atoms with van der Waals surface area (Å²) in [6.07, 6.45) is 4.93. The molecule has 0 N–H and O–H groups in total. The van der Waals surface area contributed by atoms with Gasteiger partial charge in [0, 0.05) is 52.4 Å². The van der Waals surface area contributed by atoms with Crippen molar-refractivity contribution in [2.24, 2.45) is 5.92 Å². The summed E-state index contributed by atoms with van der Waals surface area (Å²) in [4.78, 5) is 27.3. The predicted octanol–water partition coefficient (Wildman–Crippen LogP) is 0.991. The summed E-state index contributed by atoms with van der Waals surface area (Å²) < 4.78 is 0. The third-order valence-electron chi connectivity index (χ3n) is 4.10. The number of anilines is 2. The summed E-state index contributed by atoms with van der Waals surface area (Å²) in [7, 11) is 3.95. The van der Waals surface area contributed by atoms with Gasteiger partial charge >= 0.3 is 0 Å². The molecule has 1 aliphatic carbocycles. The van der Waals surface area contributed by atoms with Crippen LogP contribution in [0, 0.1) is 5.92 Å². The Morgan fingerprint density at radius 2 is 2.05 bits per heavy atom. The Bertz CT molecular complexity index is 515. The van der Waals surface area contributed by atoms with E-state index in [-0.39, 0.29) is 0 Å². The molecule has 2 fully saturated rings. The van der Waals surface area contributed by atoms with Crippen LogP contribution in [0.25, 0.3) is 0 Å². The number of carbonyl (C=O) groups excluding carboxylic acids is 1. The molecular weight excluding hydrogens is 266 g/mol. The van der Waals surface area contributed by atoms with Gasteiger partial charge in [-0.2, -0.15) is 4.98 Å². The summed E-state index contributed by atoms with van der Waals surface area (Å²) in [5.41, 5.74) is 0. The van der Waals surface area contributed by atoms with Gasteiger partial charge in [0.15, 0.2) is 0 Å². The maximum Gasteiger partial charge on any atom is 0.227 e. The molecule has 2 heterocycles. The molecule has 1 aliphatic heterocycles. The van der Waals surface area contributed by atoms with E-state index in [1.54, 1.807) is 6.20 Å². The highest BCUT2D eigenvalue weighted by atomic mass is 16.2. The molecule has 6 nitrogen and oxygen atoms in total. The van der Waals surface area contributed by atoms with Gasteiger partial charge in [0.1, 0.15) is 5.82 Å². The number of amides is 1. The van der Waals surface area contributed by atoms with Crippen LogP contribution in [-0.4, -0.2) is 61.0 Å². The van der Waals surface area contributed by atoms with Gasteiger partial charge in [-0.25, -0.2) is 4.98 Å². The minimum atomic E-state index is 0.310. The summed E-state index contributed by atoms with van der Waals surface area (Å²) in [6.45, 7) is 3.37. The van der Waals surface area contributed by atoms with Gasteiger partial charge in [0.05, 0.1) is 0 Å². The minimum Gasteiger partial charge on any atom is -0.363 e. The highest BCUT2D eigenvalue weighted by Gasteiger charge is 2.34. The molecule has 114 valence electrons. The zero-order chi connectivity index (χ0) is 14.8. The van der Waals surface area contributed by atoms with Crippen LogP contribution in [0.15, 0.2) is 12.3 Å². The highest BCUT2D eigenvalue weighted by molar-refractivity contribution is 5.81. The zero-order valence-electron chi connectivity index (χ0n) is 12.8. The molecule has 0 radical (unpaired) electrons. The lowest BCUT2D eigenvalue weighted by atomic mass is 10.3. The molecule has 1 saturated carbocycles. The Morgan fingerprint density at radius 3 is 2.76 bits per heavy atom. The Labute approximate surface area is 125 Å². The second-order valence-electron chi connectivity index (χ2n) is 6.05. The smallest absolute Gasteiger partial charge is 0.227 e. The van der Waals surface area contributed by atoms with Gasteiger partial charge in [-0.1, -0.05) is 0 Å². The Balaban J connectivity index is 1.66. The number of hydrogen-bond acceptors (Lipinski definition) is 5. The van der Waals surface area contributed by atoms with Crippen LogP contribution in [0.1, 0.15) is 19.3 Å². The van der Waals surface area contributed by atoms with Crippen molar-refractivity contribution in [1.82, 2.24) is 14.9 Å². The van der Waals surface area contributed by atoms with Gasteiger partial charge in [0.2, 0.25) is 11.9 Å². The second kappa shape index (κ2) is 5.87. The van der Waals surface area contributed by atoms with E-state index in [4.69, 9.17) is 0 Å². The first-order chi connectivity index (χ1) is 10.1. The molecule has 2 aliphatic rings. The van der Waals surface area contributed by atoms with Crippen molar-refractivity contribution in [2.75, 3.05) is 50.1 Å². The van der Waals surface area contributed by atoms with Crippen molar-refractivity contribution >= 4 is 17.7 Å². The van der Waals surface area contributed by atoms with Crippen LogP contribution >= 0.6 is 0 Å². The molecule has 0 bridgehead atoms. The molecule has 0 aromatic carbocycles. The van der Waals surface area contributed by atoms with E-state index >= 15 is 0 Å². The average molecular weight is 289 g/mol. The summed E-state index contributed by atoms with van der Waals surface area (Å²) in [5.74, 6) is 2.33. The van der Waals surface area contributed by atoms with E-state index in [0.717, 1.165) is 57.2 Å². The van der Waals surface area contributed by atoms with Crippen LogP contribution in [0.2, 0.25) is 0 Å². The van der Waals surface area contributed by atoms with Gasteiger partial charge in [0.25, 0.3) is 0 Å². The molecule has 1 aromatic rings. The highest BCUT2D eigenvalue weighted by Crippen LogP contribution is 2.31. The summed E-state index contributed by atoms with van der Waals surface area (Å²) in [5, 5.41) is 0. The third-order valence-corrected chi connectivity index (χ3v) is 4.10. The average Bonchev–Trinajstić information content (AvgIpc) is 3.33. The first-order valence-electron chi connectivity index (χ1n) is 7.69. The van der Waals surface area contributed by atoms with Gasteiger partial charge in [-0.05, 0) is 25.3 Å². The maximum absolute atomic E-state index is 12.2. The quantitative estimate of drug-likeness (QED) is 0.830. The molecule has 6 heteroatoms. The fraction of sp³-hybridized carbons (Fsp3) is 0.667. The van der Waals surface area contributed by atoms with Crippen molar-refractivity contribution in [3.63, 3.8) is 0 Å². The fourth-order valence-corrected chi connectivity index (χ4v) is 2.67. The van der Waals surface area contributed by atoms with Crippen molar-refractivity contribution in [2.45, 2.75) is 19.3 Å². The number of rotatable bonds is 3. The van der Waals surface area contributed by atoms with Crippen LogP contribution in [0.4, 0.5) is 11.8 Å². The molecule has 1 amide bonds. The lowest BCUT2D eigenvalue weighted by Crippen LogP contribution is -2.36. The summed E-state index contributed by atoms with van der Waals surface area (Å²) in [6, 6.07) is 1.91. The molecule has 21 heavy (non-hydrogen) atoms. The van der Waals surface area contributed by atoms with Crippen molar-refractivity contribution in [3.05, 3.63) is 12.3 Å². The van der Waals surface area contributed by atoms with Crippen LogP contribution in [-0.2, 0) is 4.79 Å². The zero-order valence-corrected chi connectivity index (χ0v) is 12.8. The lowest BCUT2D eigenvalue weighted by molar-refractivity contribution is -0.132. The Hall–Kier alpha value is -1.85. The maximum atomic E-state index is 12.2. The van der Waals surface area contributed by atoms with Crippen molar-refractivity contribution < 1.29 is 4.79 Å². The number of hydrogen-bond donors (Lipinski definition) is 0. The predicted molar refractivity (Wildman–Crippen MR) is 82.5 cm³/mol. The largest absolute Gasteiger partial charge is 0.363 e. The van der Waals surface area contributed by atoms with Gasteiger partial charge < -0.3 is 14.7 Å². The van der Waals surface area contributed by atoms with E-state index < -0.39 is 0 Å². The van der Waals surface area contributed by atoms with E-state index in [0.29, 0.717) is 11.8 Å². The van der Waals surface area contributed by atoms with E-state index in [1.165, 1.54) is 0 Å². The van der Waals surface area contributed by atoms with Crippen molar-refractivity contribution in [1.29, 1.82) is 0 Å². The normalized spacial score (nSPS) is 19.3. The van der Waals surface area contributed by atoms with Crippen LogP contribution < -0.4 is 9.80 Å². The van der Waals surface area contributed by atoms with E-state index in [1.807, 2.05) is 30.0 Å². The van der Waals surface area contributed by atoms with Gasteiger partial charge in [-0.15, -0.1) is 0 Å². The van der Waals surface area contributed by atoms with Gasteiger partial charge in [-0.3, -0.25) is 4.79 Å². The fourth-order valence-electron chi connectivity index (χ4n) is 2.67. The molecular formula is C15H23N5O. The first-order valence-corrected chi connectivity index (χ1v) is 7.69. The molecule has 1 aromatic heterocycles. The number of carbonyl (C=O) groups is 1. The van der Waals surface area contributed by atoms with Crippen LogP contribution in [0.3, 0.4) is 0 Å². The second-order valence-corrected chi connectivity index (χ2v) is 6.05. The summed E-state index contributed by atoms with van der Waals surface area (Å²) >= 11 is 0. The van der Waals surface area contributed by atoms with Crippen molar-refractivity contribution in [3.8, 4) is 0 Å². The minimum absolute atomic E-state index is 0.310. The number of aromatic nitrogens is 2. The topological polar surface area (TPSA) is 52.6 Å². The third kappa shape index (κ3) is 3.25. The Kier molecular flexibility index (Phi) is 3.94. The molecule has 0 spiro atoms. The SMILES string of the molecule is CN(C)c1ccnc(N2CCCN(C(=O)C3CC3)CC2)n1. The monoisotopic (exact) mass is 289 g/mol. The molecule has 3 rings (SSSR count). The van der Waals surface area contributed by atoms with Crippen LogP contribution in [0.5, 0.6) is 0 Å². The molecule has 0 unspecified atom stereocenters. The number of nitrogens with zero attached hydrogens (tertiary/aromatic N) is 5.